The average molecular weight is 528 g/mol. The Morgan fingerprint density at radius 2 is 1.66 bits per heavy atom. The minimum absolute atomic E-state index is 0.00349. The second kappa shape index (κ2) is 12.0. The normalized spacial score (nSPS) is 18.8. The maximum absolute atomic E-state index is 14.9. The molecule has 0 radical (unpaired) electrons. The summed E-state index contributed by atoms with van der Waals surface area (Å²) >= 11 is 0. The number of nitrogens with one attached hydrogen (secondary N) is 1. The Hall–Kier alpha value is -3.35. The summed E-state index contributed by atoms with van der Waals surface area (Å²) in [6.07, 6.45) is -2.81. The van der Waals surface area contributed by atoms with E-state index >= 15 is 0 Å². The van der Waals surface area contributed by atoms with Crippen molar-refractivity contribution in [2.75, 3.05) is 6.54 Å². The van der Waals surface area contributed by atoms with Crippen molar-refractivity contribution >= 4 is 17.4 Å². The Labute approximate surface area is 222 Å². The molecule has 2 N–H and O–H groups in total. The van der Waals surface area contributed by atoms with Crippen LogP contribution in [-0.4, -0.2) is 29.7 Å². The third-order valence-electron chi connectivity index (χ3n) is 7.16. The molecule has 0 heterocycles. The lowest BCUT2D eigenvalue weighted by Gasteiger charge is -2.41. The number of carboxylic acid groups (broad SMARTS) is 1. The van der Waals surface area contributed by atoms with Gasteiger partial charge in [-0.25, -0.2) is 0 Å². The number of amides is 1. The third-order valence-corrected chi connectivity index (χ3v) is 7.16. The molecule has 1 aliphatic carbocycles. The van der Waals surface area contributed by atoms with Gasteiger partial charge in [-0.3, -0.25) is 9.59 Å². The number of allylic oxidation sites excluding steroid dienone is 4. The van der Waals surface area contributed by atoms with Gasteiger partial charge in [0, 0.05) is 12.1 Å². The van der Waals surface area contributed by atoms with Gasteiger partial charge in [0.2, 0.25) is 0 Å². The molecular formula is C31H36F3NO3. The van der Waals surface area contributed by atoms with Gasteiger partial charge in [0.25, 0.3) is 5.91 Å². The summed E-state index contributed by atoms with van der Waals surface area (Å²) in [5.74, 6) is -1.61. The van der Waals surface area contributed by atoms with Crippen LogP contribution in [0, 0.1) is 11.3 Å². The molecule has 0 aliphatic heterocycles. The summed E-state index contributed by atoms with van der Waals surface area (Å²) in [6, 6.07) is 16.2. The first-order valence-electron chi connectivity index (χ1n) is 12.9. The quantitative estimate of drug-likeness (QED) is 0.332. The van der Waals surface area contributed by atoms with Crippen molar-refractivity contribution in [1.29, 1.82) is 0 Å². The van der Waals surface area contributed by atoms with Crippen LogP contribution in [0.4, 0.5) is 13.2 Å². The van der Waals surface area contributed by atoms with Crippen LogP contribution in [-0.2, 0) is 4.79 Å². The summed E-state index contributed by atoms with van der Waals surface area (Å²) in [4.78, 5) is 23.0. The van der Waals surface area contributed by atoms with Crippen molar-refractivity contribution in [2.45, 2.75) is 65.5 Å². The summed E-state index contributed by atoms with van der Waals surface area (Å²) in [5.41, 5.74) is 2.26. The molecule has 0 aromatic heterocycles. The topological polar surface area (TPSA) is 66.4 Å². The van der Waals surface area contributed by atoms with Crippen molar-refractivity contribution in [3.63, 3.8) is 0 Å². The van der Waals surface area contributed by atoms with E-state index in [0.29, 0.717) is 17.6 Å². The lowest BCUT2D eigenvalue weighted by Crippen LogP contribution is -2.40. The second-order valence-corrected chi connectivity index (χ2v) is 10.7. The van der Waals surface area contributed by atoms with E-state index in [1.54, 1.807) is 38.1 Å². The first-order valence-corrected chi connectivity index (χ1v) is 12.9. The number of alkyl halides is 3. The highest BCUT2D eigenvalue weighted by atomic mass is 19.4. The number of hydrogen-bond donors (Lipinski definition) is 2. The molecular weight excluding hydrogens is 491 g/mol. The Morgan fingerprint density at radius 1 is 1.03 bits per heavy atom. The molecule has 2 atom stereocenters. The molecule has 2 unspecified atom stereocenters. The Kier molecular flexibility index (Phi) is 9.23. The largest absolute Gasteiger partial charge is 0.481 e. The number of rotatable bonds is 10. The van der Waals surface area contributed by atoms with Gasteiger partial charge in [0.15, 0.2) is 0 Å². The van der Waals surface area contributed by atoms with E-state index in [1.165, 1.54) is 6.08 Å². The third kappa shape index (κ3) is 6.94. The first-order chi connectivity index (χ1) is 17.8. The second-order valence-electron chi connectivity index (χ2n) is 10.7. The fraction of sp³-hybridized carbons (Fsp3) is 0.419. The van der Waals surface area contributed by atoms with E-state index in [1.807, 2.05) is 44.2 Å². The average Bonchev–Trinajstić information content (AvgIpc) is 2.83. The van der Waals surface area contributed by atoms with E-state index in [9.17, 15) is 22.8 Å². The van der Waals surface area contributed by atoms with Crippen molar-refractivity contribution in [2.24, 2.45) is 11.3 Å². The fourth-order valence-electron chi connectivity index (χ4n) is 5.58. The number of aliphatic carboxylic acids is 1. The predicted molar refractivity (Wildman–Crippen MR) is 144 cm³/mol. The van der Waals surface area contributed by atoms with Crippen molar-refractivity contribution < 1.29 is 27.9 Å². The number of halogens is 3. The first kappa shape index (κ1) is 29.2. The lowest BCUT2D eigenvalue weighted by atomic mass is 9.66. The summed E-state index contributed by atoms with van der Waals surface area (Å²) < 4.78 is 44.6. The zero-order chi connectivity index (χ0) is 28.1. The Bertz CT molecular complexity index is 1200. The molecule has 204 valence electrons. The molecule has 0 saturated carbocycles. The highest BCUT2D eigenvalue weighted by Gasteiger charge is 2.55. The standard InChI is InChI=1S/C31H36F3NO3/c1-20(2)16-26(23-10-12-25(13-11-23)29(38)35-15-14-27(36)37)19-30(31(32,33)34)17-21(3)28(22(4)18-30)24-8-6-5-7-9-24/h5-13,17,20,26H,14-16,18-19H2,1-4H3,(H,35,38)(H,36,37). The molecule has 0 fully saturated rings. The van der Waals surface area contributed by atoms with E-state index in [0.717, 1.165) is 22.3 Å². The monoisotopic (exact) mass is 527 g/mol. The fourth-order valence-corrected chi connectivity index (χ4v) is 5.58. The zero-order valence-electron chi connectivity index (χ0n) is 22.4. The van der Waals surface area contributed by atoms with Gasteiger partial charge >= 0.3 is 12.1 Å². The van der Waals surface area contributed by atoms with E-state index < -0.39 is 23.5 Å². The maximum atomic E-state index is 14.9. The SMILES string of the molecule is CC1=CC(CC(CC(C)C)c2ccc(C(=O)NCCC(=O)O)cc2)(C(F)(F)F)CC(C)=C1c1ccccc1. The van der Waals surface area contributed by atoms with Crippen LogP contribution in [0.3, 0.4) is 0 Å². The Balaban J connectivity index is 1.91. The lowest BCUT2D eigenvalue weighted by molar-refractivity contribution is -0.210. The zero-order valence-corrected chi connectivity index (χ0v) is 22.4. The van der Waals surface area contributed by atoms with Gasteiger partial charge in [-0.05, 0) is 79.4 Å². The van der Waals surface area contributed by atoms with Gasteiger partial charge < -0.3 is 10.4 Å². The van der Waals surface area contributed by atoms with E-state index in [4.69, 9.17) is 5.11 Å². The van der Waals surface area contributed by atoms with Gasteiger partial charge in [0.1, 0.15) is 0 Å². The number of hydrogen-bond acceptors (Lipinski definition) is 2. The van der Waals surface area contributed by atoms with Gasteiger partial charge in [-0.1, -0.05) is 68.0 Å². The minimum atomic E-state index is -4.43. The highest BCUT2D eigenvalue weighted by molar-refractivity contribution is 5.94. The van der Waals surface area contributed by atoms with Crippen molar-refractivity contribution in [3.8, 4) is 0 Å². The molecule has 38 heavy (non-hydrogen) atoms. The number of carbonyl (C=O) groups excluding carboxylic acids is 1. The van der Waals surface area contributed by atoms with Crippen LogP contribution in [0.15, 0.2) is 71.8 Å². The molecule has 2 aromatic carbocycles. The van der Waals surface area contributed by atoms with Crippen LogP contribution in [0.5, 0.6) is 0 Å². The molecule has 2 aromatic rings. The molecule has 7 heteroatoms. The molecule has 0 spiro atoms. The van der Waals surface area contributed by atoms with E-state index in [2.05, 4.69) is 5.32 Å². The van der Waals surface area contributed by atoms with Crippen LogP contribution in [0.1, 0.15) is 80.8 Å². The maximum Gasteiger partial charge on any atom is 0.398 e. The van der Waals surface area contributed by atoms with Crippen molar-refractivity contribution in [3.05, 3.63) is 88.5 Å². The predicted octanol–water partition coefficient (Wildman–Crippen LogP) is 7.78. The smallest absolute Gasteiger partial charge is 0.398 e. The summed E-state index contributed by atoms with van der Waals surface area (Å²) in [6.45, 7) is 7.56. The molecule has 0 bridgehead atoms. The van der Waals surface area contributed by atoms with Gasteiger partial charge in [-0.2, -0.15) is 13.2 Å². The van der Waals surface area contributed by atoms with Gasteiger partial charge in [0.05, 0.1) is 11.8 Å². The molecule has 1 aliphatic rings. The number of carbonyl (C=O) groups is 2. The number of carboxylic acids is 1. The van der Waals surface area contributed by atoms with Crippen molar-refractivity contribution in [1.82, 2.24) is 5.32 Å². The minimum Gasteiger partial charge on any atom is -0.481 e. The molecule has 4 nitrogen and oxygen atoms in total. The molecule has 0 saturated heterocycles. The van der Waals surface area contributed by atoms with Crippen LogP contribution in [0.25, 0.3) is 5.57 Å². The van der Waals surface area contributed by atoms with E-state index in [-0.39, 0.29) is 37.6 Å². The Morgan fingerprint density at radius 3 is 2.18 bits per heavy atom. The summed E-state index contributed by atoms with van der Waals surface area (Å²) in [7, 11) is 0. The van der Waals surface area contributed by atoms with Crippen LogP contribution >= 0.6 is 0 Å². The molecule has 3 rings (SSSR count). The van der Waals surface area contributed by atoms with Gasteiger partial charge in [-0.15, -0.1) is 0 Å². The molecule has 1 amide bonds. The number of benzene rings is 2. The van der Waals surface area contributed by atoms with Crippen LogP contribution in [0.2, 0.25) is 0 Å². The van der Waals surface area contributed by atoms with Crippen LogP contribution < -0.4 is 5.32 Å². The summed E-state index contributed by atoms with van der Waals surface area (Å²) in [5, 5.41) is 11.3. The highest BCUT2D eigenvalue weighted by Crippen LogP contribution is 2.55.